The number of rotatable bonds is 5. The minimum atomic E-state index is -1.99. The summed E-state index contributed by atoms with van der Waals surface area (Å²) in [5, 5.41) is 2.77. The summed E-state index contributed by atoms with van der Waals surface area (Å²) in [7, 11) is 6.88. The van der Waals surface area contributed by atoms with E-state index in [-0.39, 0.29) is 0 Å². The molecule has 0 radical (unpaired) electrons. The van der Waals surface area contributed by atoms with Gasteiger partial charge in [0.1, 0.15) is 0 Å². The van der Waals surface area contributed by atoms with E-state index in [1.807, 2.05) is 0 Å². The highest BCUT2D eigenvalue weighted by atomic mass is 31.2. The number of nitrogens with zero attached hydrogens (tertiary/aromatic N) is 2. The van der Waals surface area contributed by atoms with Crippen molar-refractivity contribution in [2.24, 2.45) is 0 Å². The zero-order chi connectivity index (χ0) is 21.1. The Morgan fingerprint density at radius 1 is 0.500 bits per heavy atom. The molecule has 0 amide bonds. The van der Waals surface area contributed by atoms with Gasteiger partial charge in [-0.25, -0.2) is 0 Å². The number of hydrogen-bond donors (Lipinski definition) is 0. The minimum absolute atomic E-state index is 1.25. The lowest BCUT2D eigenvalue weighted by atomic mass is 10.0. The molecule has 0 bridgehead atoms. The van der Waals surface area contributed by atoms with Crippen molar-refractivity contribution in [3.05, 3.63) is 120 Å². The molecule has 1 aliphatic heterocycles. The first-order chi connectivity index (χ1) is 14.5. The Morgan fingerprint density at radius 3 is 1.40 bits per heavy atom. The summed E-state index contributed by atoms with van der Waals surface area (Å²) < 4.78 is 4.87. The molecule has 0 saturated heterocycles. The first-order valence-corrected chi connectivity index (χ1v) is 12.0. The van der Waals surface area contributed by atoms with Gasteiger partial charge in [-0.05, 0) is 62.6 Å². The SMILES string of the molecule is CN(C)P1(N(C)C)=C(c2ccccc2)C=C(c2ccccc2)C=C1c1ccccc1. The summed E-state index contributed by atoms with van der Waals surface area (Å²) in [6.07, 6.45) is 4.82. The summed E-state index contributed by atoms with van der Waals surface area (Å²) in [4.78, 5) is 0. The van der Waals surface area contributed by atoms with Crippen LogP contribution in [-0.4, -0.2) is 42.8 Å². The van der Waals surface area contributed by atoms with E-state index in [0.717, 1.165) is 0 Å². The molecule has 0 spiro atoms. The molecule has 0 aliphatic carbocycles. The van der Waals surface area contributed by atoms with Crippen molar-refractivity contribution in [3.63, 3.8) is 0 Å². The highest BCUT2D eigenvalue weighted by Crippen LogP contribution is 2.66. The van der Waals surface area contributed by atoms with Crippen LogP contribution in [0.4, 0.5) is 0 Å². The summed E-state index contributed by atoms with van der Waals surface area (Å²) in [5.74, 6) is 0. The summed E-state index contributed by atoms with van der Waals surface area (Å²) in [6.45, 7) is 0. The van der Waals surface area contributed by atoms with Gasteiger partial charge in [0.25, 0.3) is 0 Å². The van der Waals surface area contributed by atoms with Crippen molar-refractivity contribution in [1.29, 1.82) is 0 Å². The maximum atomic E-state index is 2.44. The fourth-order valence-electron chi connectivity index (χ4n) is 4.41. The fraction of sp³-hybridized carbons (Fsp3) is 0.148. The van der Waals surface area contributed by atoms with Crippen LogP contribution in [0.3, 0.4) is 0 Å². The fourth-order valence-corrected chi connectivity index (χ4v) is 8.76. The molecule has 0 unspecified atom stereocenters. The Labute approximate surface area is 180 Å². The molecule has 0 atom stereocenters. The summed E-state index contributed by atoms with van der Waals surface area (Å²) in [6, 6.07) is 32.4. The Kier molecular flexibility index (Phi) is 5.92. The highest BCUT2D eigenvalue weighted by molar-refractivity contribution is 7.82. The van der Waals surface area contributed by atoms with Gasteiger partial charge in [0.2, 0.25) is 0 Å². The van der Waals surface area contributed by atoms with Crippen molar-refractivity contribution in [3.8, 4) is 0 Å². The lowest BCUT2D eigenvalue weighted by Gasteiger charge is -2.45. The Morgan fingerprint density at radius 2 is 0.933 bits per heavy atom. The second-order valence-corrected chi connectivity index (χ2v) is 11.7. The molecule has 3 heteroatoms. The first-order valence-electron chi connectivity index (χ1n) is 10.3. The van der Waals surface area contributed by atoms with Gasteiger partial charge >= 0.3 is 0 Å². The topological polar surface area (TPSA) is 6.48 Å². The van der Waals surface area contributed by atoms with Crippen LogP contribution < -0.4 is 0 Å². The van der Waals surface area contributed by atoms with Crippen molar-refractivity contribution in [2.45, 2.75) is 0 Å². The van der Waals surface area contributed by atoms with Gasteiger partial charge in [-0.3, -0.25) is 9.34 Å². The second-order valence-electron chi connectivity index (χ2n) is 7.91. The lowest BCUT2D eigenvalue weighted by molar-refractivity contribution is 0.580. The van der Waals surface area contributed by atoms with Crippen LogP contribution in [0.1, 0.15) is 16.7 Å². The molecule has 0 saturated carbocycles. The average Bonchev–Trinajstić information content (AvgIpc) is 2.79. The predicted octanol–water partition coefficient (Wildman–Crippen LogP) is 6.32. The van der Waals surface area contributed by atoms with Gasteiger partial charge < -0.3 is 0 Å². The third-order valence-electron chi connectivity index (χ3n) is 5.66. The van der Waals surface area contributed by atoms with Gasteiger partial charge in [0.15, 0.2) is 0 Å². The van der Waals surface area contributed by atoms with Gasteiger partial charge in [-0.1, -0.05) is 91.0 Å². The molecule has 30 heavy (non-hydrogen) atoms. The monoisotopic (exact) mass is 412 g/mol. The van der Waals surface area contributed by atoms with Crippen molar-refractivity contribution in [1.82, 2.24) is 9.34 Å². The normalized spacial score (nSPS) is 15.9. The molecule has 0 N–H and O–H groups in total. The van der Waals surface area contributed by atoms with Gasteiger partial charge in [0.05, 0.1) is 7.19 Å². The van der Waals surface area contributed by atoms with E-state index in [0.29, 0.717) is 0 Å². The van der Waals surface area contributed by atoms with E-state index in [1.165, 1.54) is 32.9 Å². The molecular weight excluding hydrogens is 383 g/mol. The molecule has 0 fully saturated rings. The van der Waals surface area contributed by atoms with Crippen LogP contribution in [0.2, 0.25) is 0 Å². The first kappa shape index (κ1) is 20.6. The molecule has 1 heterocycles. The van der Waals surface area contributed by atoms with E-state index in [9.17, 15) is 0 Å². The smallest absolute Gasteiger partial charge is 0.0517 e. The Balaban J connectivity index is 2.14. The summed E-state index contributed by atoms with van der Waals surface area (Å²) in [5.41, 5.74) is 5.06. The number of benzene rings is 3. The quantitative estimate of drug-likeness (QED) is 0.453. The third-order valence-corrected chi connectivity index (χ3v) is 10.1. The van der Waals surface area contributed by atoms with E-state index in [4.69, 9.17) is 0 Å². The summed E-state index contributed by atoms with van der Waals surface area (Å²) >= 11 is 0. The van der Waals surface area contributed by atoms with Crippen LogP contribution in [0.15, 0.2) is 103 Å². The Hall–Kier alpha value is -2.64. The van der Waals surface area contributed by atoms with Gasteiger partial charge in [-0.2, -0.15) is 0 Å². The van der Waals surface area contributed by atoms with Crippen LogP contribution in [-0.2, 0) is 0 Å². The van der Waals surface area contributed by atoms with E-state index in [2.05, 4.69) is 141 Å². The molecule has 3 aromatic carbocycles. The maximum Gasteiger partial charge on any atom is 0.0517 e. The molecule has 4 rings (SSSR count). The van der Waals surface area contributed by atoms with E-state index in [1.54, 1.807) is 0 Å². The van der Waals surface area contributed by atoms with Crippen LogP contribution in [0.25, 0.3) is 10.9 Å². The third kappa shape index (κ3) is 3.52. The van der Waals surface area contributed by atoms with E-state index >= 15 is 0 Å². The lowest BCUT2D eigenvalue weighted by Crippen LogP contribution is -2.28. The zero-order valence-electron chi connectivity index (χ0n) is 18.2. The van der Waals surface area contributed by atoms with Crippen LogP contribution in [0, 0.1) is 0 Å². The van der Waals surface area contributed by atoms with Crippen molar-refractivity contribution in [2.75, 3.05) is 28.2 Å². The standard InChI is InChI=1S/C27H29N2P/c1-28(2)30(29(3)4)26(23-16-10-6-11-17-23)20-25(22-14-8-5-9-15-22)21-27(30)24-18-12-7-13-19-24/h5-21H,1-4H3. The molecule has 0 aromatic heterocycles. The van der Waals surface area contributed by atoms with Crippen molar-refractivity contribution >= 4 is 23.4 Å². The van der Waals surface area contributed by atoms with Crippen molar-refractivity contribution < 1.29 is 0 Å². The largest absolute Gasteiger partial charge is 0.274 e. The molecule has 2 nitrogen and oxygen atoms in total. The van der Waals surface area contributed by atoms with Crippen LogP contribution in [0.5, 0.6) is 0 Å². The Bertz CT molecular complexity index is 1110. The van der Waals surface area contributed by atoms with Gasteiger partial charge in [0, 0.05) is 10.6 Å². The predicted molar refractivity (Wildman–Crippen MR) is 134 cm³/mol. The molecular formula is C27H29N2P. The average molecular weight is 413 g/mol. The van der Waals surface area contributed by atoms with E-state index < -0.39 is 7.19 Å². The number of allylic oxidation sites excluding steroid dienone is 3. The molecule has 3 aromatic rings. The molecule has 1 aliphatic rings. The minimum Gasteiger partial charge on any atom is -0.274 e. The zero-order valence-corrected chi connectivity index (χ0v) is 19.1. The second kappa shape index (κ2) is 8.62. The highest BCUT2D eigenvalue weighted by Gasteiger charge is 2.35. The number of hydrogen-bond acceptors (Lipinski definition) is 2. The molecule has 152 valence electrons. The van der Waals surface area contributed by atoms with Gasteiger partial charge in [-0.15, -0.1) is 0 Å². The maximum absolute atomic E-state index is 2.44. The van der Waals surface area contributed by atoms with Crippen LogP contribution >= 0.6 is 7.19 Å².